The zero-order chi connectivity index (χ0) is 23.7. The van der Waals surface area contributed by atoms with Gasteiger partial charge in [0.15, 0.2) is 0 Å². The summed E-state index contributed by atoms with van der Waals surface area (Å²) in [5.74, 6) is 0. The van der Waals surface area contributed by atoms with E-state index in [1.807, 2.05) is 4.72 Å². The molecule has 0 heterocycles. The first-order valence-corrected chi connectivity index (χ1v) is 12.5. The molecule has 0 saturated carbocycles. The summed E-state index contributed by atoms with van der Waals surface area (Å²) < 4.78 is 32.2. The van der Waals surface area contributed by atoms with Gasteiger partial charge in [0.05, 0.1) is 5.54 Å². The van der Waals surface area contributed by atoms with Crippen molar-refractivity contribution in [3.63, 3.8) is 0 Å². The molecule has 1 aromatic rings. The van der Waals surface area contributed by atoms with Crippen LogP contribution in [0.3, 0.4) is 0 Å². The van der Waals surface area contributed by atoms with Crippen LogP contribution in [0.1, 0.15) is 69.7 Å². The standard InChI is InChI=1S/C23H33N3O5S/c1-22(2,3)31-21(28)25-23(4,5)12-13-32(29,30)26-20(27)24-19-17-10-6-8-15(17)14-16-9-7-11-18(16)19/h12-14H,6-11H2,1-5H3,(H,25,28)(H2,24,26,27)/b13-12+. The highest BCUT2D eigenvalue weighted by Crippen LogP contribution is 2.38. The van der Waals surface area contributed by atoms with Crippen molar-refractivity contribution < 1.29 is 22.7 Å². The average molecular weight is 464 g/mol. The van der Waals surface area contributed by atoms with Gasteiger partial charge in [-0.15, -0.1) is 0 Å². The number of nitrogens with one attached hydrogen (secondary N) is 3. The molecule has 0 aliphatic heterocycles. The zero-order valence-electron chi connectivity index (χ0n) is 19.4. The summed E-state index contributed by atoms with van der Waals surface area (Å²) in [5, 5.41) is 6.27. The Balaban J connectivity index is 1.66. The van der Waals surface area contributed by atoms with Gasteiger partial charge >= 0.3 is 12.1 Å². The molecular formula is C23H33N3O5S. The molecule has 3 rings (SSSR count). The molecule has 0 unspecified atom stereocenters. The minimum atomic E-state index is -4.07. The Morgan fingerprint density at radius 1 is 0.969 bits per heavy atom. The molecule has 3 N–H and O–H groups in total. The van der Waals surface area contributed by atoms with E-state index < -0.39 is 33.3 Å². The number of benzene rings is 1. The Kier molecular flexibility index (Phi) is 6.60. The summed E-state index contributed by atoms with van der Waals surface area (Å²) >= 11 is 0. The quantitative estimate of drug-likeness (QED) is 0.612. The number of urea groups is 1. The zero-order valence-corrected chi connectivity index (χ0v) is 20.2. The van der Waals surface area contributed by atoms with E-state index in [0.29, 0.717) is 0 Å². The molecule has 2 aliphatic rings. The van der Waals surface area contributed by atoms with Crippen LogP contribution >= 0.6 is 0 Å². The summed E-state index contributed by atoms with van der Waals surface area (Å²) in [6.07, 6.45) is 6.45. The van der Waals surface area contributed by atoms with Crippen molar-refractivity contribution in [3.05, 3.63) is 39.8 Å². The molecule has 0 fully saturated rings. The first-order chi connectivity index (χ1) is 14.7. The second-order valence-electron chi connectivity index (χ2n) is 9.99. The number of anilines is 1. The Bertz CT molecular complexity index is 1020. The van der Waals surface area contributed by atoms with Gasteiger partial charge in [-0.1, -0.05) is 6.07 Å². The fourth-order valence-corrected chi connectivity index (χ4v) is 5.03. The van der Waals surface area contributed by atoms with Gasteiger partial charge in [-0.05, 0) is 101 Å². The molecule has 9 heteroatoms. The number of fused-ring (bicyclic) bond motifs is 2. The van der Waals surface area contributed by atoms with Gasteiger partial charge in [0.1, 0.15) is 5.60 Å². The van der Waals surface area contributed by atoms with Gasteiger partial charge in [0.25, 0.3) is 10.0 Å². The Hall–Kier alpha value is -2.55. The van der Waals surface area contributed by atoms with E-state index >= 15 is 0 Å². The lowest BCUT2D eigenvalue weighted by Crippen LogP contribution is -2.44. The van der Waals surface area contributed by atoms with Crippen molar-refractivity contribution in [2.45, 2.75) is 84.3 Å². The van der Waals surface area contributed by atoms with E-state index in [-0.39, 0.29) is 0 Å². The van der Waals surface area contributed by atoms with Gasteiger partial charge in [-0.3, -0.25) is 0 Å². The minimum Gasteiger partial charge on any atom is -0.444 e. The van der Waals surface area contributed by atoms with E-state index in [1.165, 1.54) is 17.2 Å². The van der Waals surface area contributed by atoms with E-state index in [4.69, 9.17) is 4.74 Å². The second-order valence-corrected chi connectivity index (χ2v) is 11.6. The van der Waals surface area contributed by atoms with E-state index in [2.05, 4.69) is 16.7 Å². The van der Waals surface area contributed by atoms with Crippen LogP contribution in [-0.2, 0) is 40.4 Å². The third kappa shape index (κ3) is 6.25. The minimum absolute atomic E-state index is 0.665. The van der Waals surface area contributed by atoms with Crippen LogP contribution in [0.25, 0.3) is 0 Å². The van der Waals surface area contributed by atoms with Crippen LogP contribution in [-0.4, -0.2) is 31.7 Å². The first kappa shape index (κ1) is 24.1. The van der Waals surface area contributed by atoms with Crippen molar-refractivity contribution in [3.8, 4) is 0 Å². The van der Waals surface area contributed by atoms with Crippen molar-refractivity contribution in [2.75, 3.05) is 5.32 Å². The predicted molar refractivity (Wildman–Crippen MR) is 124 cm³/mol. The smallest absolute Gasteiger partial charge is 0.408 e. The number of hydrogen-bond donors (Lipinski definition) is 3. The van der Waals surface area contributed by atoms with Crippen molar-refractivity contribution in [1.29, 1.82) is 0 Å². The molecule has 0 atom stereocenters. The highest BCUT2D eigenvalue weighted by molar-refractivity contribution is 7.92. The van der Waals surface area contributed by atoms with E-state index in [1.54, 1.807) is 34.6 Å². The van der Waals surface area contributed by atoms with Crippen molar-refractivity contribution in [2.24, 2.45) is 0 Å². The summed E-state index contributed by atoms with van der Waals surface area (Å²) in [4.78, 5) is 24.5. The number of sulfonamides is 1. The summed E-state index contributed by atoms with van der Waals surface area (Å²) in [6.45, 7) is 8.46. The lowest BCUT2D eigenvalue weighted by molar-refractivity contribution is 0.0491. The molecule has 1 aromatic carbocycles. The van der Waals surface area contributed by atoms with Gasteiger partial charge < -0.3 is 15.4 Å². The van der Waals surface area contributed by atoms with Gasteiger partial charge in [-0.25, -0.2) is 22.7 Å². The number of rotatable bonds is 5. The van der Waals surface area contributed by atoms with Gasteiger partial charge in [0, 0.05) is 11.1 Å². The van der Waals surface area contributed by atoms with Crippen LogP contribution in [0.5, 0.6) is 0 Å². The Labute approximate surface area is 190 Å². The van der Waals surface area contributed by atoms with Gasteiger partial charge in [-0.2, -0.15) is 0 Å². The molecular weight excluding hydrogens is 430 g/mol. The SMILES string of the molecule is CC(C)(/C=C/S(=O)(=O)NC(=O)Nc1c2c(cc3c1CCC3)CCC2)NC(=O)OC(C)(C)C. The molecule has 0 aromatic heterocycles. The second kappa shape index (κ2) is 8.77. The number of alkyl carbamates (subject to hydrolysis) is 1. The molecule has 3 amide bonds. The molecule has 32 heavy (non-hydrogen) atoms. The average Bonchev–Trinajstić information content (AvgIpc) is 3.26. The number of carbonyl (C=O) groups excluding carboxylic acids is 2. The molecule has 0 radical (unpaired) electrons. The fourth-order valence-electron chi connectivity index (χ4n) is 4.14. The van der Waals surface area contributed by atoms with Crippen LogP contribution < -0.4 is 15.4 Å². The number of hydrogen-bond acceptors (Lipinski definition) is 5. The maximum Gasteiger partial charge on any atom is 0.408 e. The summed E-state index contributed by atoms with van der Waals surface area (Å²) in [5.41, 5.74) is 3.84. The van der Waals surface area contributed by atoms with Crippen LogP contribution in [0.2, 0.25) is 0 Å². The normalized spacial score (nSPS) is 15.9. The highest BCUT2D eigenvalue weighted by atomic mass is 32.2. The van der Waals surface area contributed by atoms with E-state index in [9.17, 15) is 18.0 Å². The third-order valence-corrected chi connectivity index (χ3v) is 6.40. The van der Waals surface area contributed by atoms with Crippen molar-refractivity contribution in [1.82, 2.24) is 10.0 Å². The maximum absolute atomic E-state index is 12.6. The monoisotopic (exact) mass is 463 g/mol. The number of carbonyl (C=O) groups is 2. The van der Waals surface area contributed by atoms with E-state index in [0.717, 1.165) is 60.7 Å². The lowest BCUT2D eigenvalue weighted by atomic mass is 9.99. The number of ether oxygens (including phenoxy) is 1. The number of amides is 3. The van der Waals surface area contributed by atoms with Crippen LogP contribution in [0.4, 0.5) is 15.3 Å². The van der Waals surface area contributed by atoms with Crippen LogP contribution in [0.15, 0.2) is 17.6 Å². The predicted octanol–water partition coefficient (Wildman–Crippen LogP) is 3.93. The highest BCUT2D eigenvalue weighted by Gasteiger charge is 2.26. The first-order valence-electron chi connectivity index (χ1n) is 11.0. The van der Waals surface area contributed by atoms with Crippen molar-refractivity contribution >= 4 is 27.8 Å². The summed E-state index contributed by atoms with van der Waals surface area (Å²) in [6, 6.07) is 1.45. The molecule has 0 spiro atoms. The molecule has 0 saturated heterocycles. The number of aryl methyl sites for hydroxylation is 2. The Morgan fingerprint density at radius 3 is 2.06 bits per heavy atom. The van der Waals surface area contributed by atoms with Crippen LogP contribution in [0, 0.1) is 0 Å². The van der Waals surface area contributed by atoms with Gasteiger partial charge in [0.2, 0.25) is 0 Å². The molecule has 8 nitrogen and oxygen atoms in total. The molecule has 0 bridgehead atoms. The third-order valence-electron chi connectivity index (χ3n) is 5.43. The topological polar surface area (TPSA) is 114 Å². The molecule has 2 aliphatic carbocycles. The fraction of sp³-hybridized carbons (Fsp3) is 0.565. The Morgan fingerprint density at radius 2 is 1.53 bits per heavy atom. The lowest BCUT2D eigenvalue weighted by Gasteiger charge is -2.26. The molecule has 176 valence electrons. The largest absolute Gasteiger partial charge is 0.444 e. The summed E-state index contributed by atoms with van der Waals surface area (Å²) in [7, 11) is -4.07. The maximum atomic E-state index is 12.6.